The normalized spacial score (nSPS) is 12.1. The van der Waals surface area contributed by atoms with Gasteiger partial charge in [0.2, 0.25) is 0 Å². The molecule has 0 fully saturated rings. The first-order valence-corrected chi connectivity index (χ1v) is 6.40. The van der Waals surface area contributed by atoms with Crippen molar-refractivity contribution in [2.24, 2.45) is 0 Å². The highest BCUT2D eigenvalue weighted by molar-refractivity contribution is 5.88. The molecule has 0 aliphatic heterocycles. The van der Waals surface area contributed by atoms with Gasteiger partial charge in [0.05, 0.1) is 5.69 Å². The Morgan fingerprint density at radius 1 is 1.40 bits per heavy atom. The van der Waals surface area contributed by atoms with Gasteiger partial charge in [-0.25, -0.2) is 14.8 Å². The zero-order valence-corrected chi connectivity index (χ0v) is 11.5. The van der Waals surface area contributed by atoms with Crippen LogP contribution in [-0.2, 0) is 6.54 Å². The second kappa shape index (κ2) is 6.25. The molecule has 0 spiro atoms. The summed E-state index contributed by atoms with van der Waals surface area (Å²) in [6.07, 6.45) is 2.69. The predicted molar refractivity (Wildman–Crippen MR) is 75.4 cm³/mol. The van der Waals surface area contributed by atoms with E-state index in [2.05, 4.69) is 34.3 Å². The molecule has 2 N–H and O–H groups in total. The van der Waals surface area contributed by atoms with Crippen LogP contribution < -0.4 is 5.32 Å². The molecule has 1 aromatic carbocycles. The van der Waals surface area contributed by atoms with Crippen molar-refractivity contribution in [3.63, 3.8) is 0 Å². The van der Waals surface area contributed by atoms with E-state index in [1.165, 1.54) is 23.7 Å². The van der Waals surface area contributed by atoms with Crippen LogP contribution >= 0.6 is 0 Å². The first-order chi connectivity index (χ1) is 9.59. The molecule has 0 saturated carbocycles. The summed E-state index contributed by atoms with van der Waals surface area (Å²) in [6.45, 7) is 4.49. The molecular weight excluding hydrogens is 254 g/mol. The lowest BCUT2D eigenvalue weighted by molar-refractivity contribution is 0.0694. The summed E-state index contributed by atoms with van der Waals surface area (Å²) in [6, 6.07) is 8.23. The van der Waals surface area contributed by atoms with Crippen LogP contribution in [0.1, 0.15) is 40.1 Å². The number of aromatic carboxylic acids is 1. The number of hydrogen-bond acceptors (Lipinski definition) is 4. The lowest BCUT2D eigenvalue weighted by atomic mass is 10.0. The SMILES string of the molecule is Cc1ccccc1[C@H](C)NCc1ncncc1C(=O)O. The van der Waals surface area contributed by atoms with Crippen LogP contribution in [0.5, 0.6) is 0 Å². The molecule has 1 aromatic heterocycles. The number of aryl methyl sites for hydroxylation is 1. The van der Waals surface area contributed by atoms with Crippen LogP contribution in [0.4, 0.5) is 0 Å². The second-order valence-corrected chi connectivity index (χ2v) is 4.65. The van der Waals surface area contributed by atoms with Crippen molar-refractivity contribution in [2.75, 3.05) is 0 Å². The van der Waals surface area contributed by atoms with Gasteiger partial charge in [-0.1, -0.05) is 24.3 Å². The van der Waals surface area contributed by atoms with Crippen molar-refractivity contribution in [2.45, 2.75) is 26.4 Å². The molecule has 0 bridgehead atoms. The van der Waals surface area contributed by atoms with Gasteiger partial charge in [-0.05, 0) is 25.0 Å². The maximum atomic E-state index is 11.1. The molecule has 2 aromatic rings. The zero-order chi connectivity index (χ0) is 14.5. The Morgan fingerprint density at radius 3 is 2.85 bits per heavy atom. The van der Waals surface area contributed by atoms with E-state index in [9.17, 15) is 4.79 Å². The van der Waals surface area contributed by atoms with Gasteiger partial charge in [-0.2, -0.15) is 0 Å². The molecule has 0 aliphatic carbocycles. The van der Waals surface area contributed by atoms with Crippen LogP contribution in [0.2, 0.25) is 0 Å². The van der Waals surface area contributed by atoms with E-state index < -0.39 is 5.97 Å². The van der Waals surface area contributed by atoms with Gasteiger partial charge in [0, 0.05) is 18.8 Å². The van der Waals surface area contributed by atoms with Gasteiger partial charge in [-0.15, -0.1) is 0 Å². The van der Waals surface area contributed by atoms with Gasteiger partial charge in [-0.3, -0.25) is 0 Å². The molecule has 0 unspecified atom stereocenters. The first kappa shape index (κ1) is 14.1. The molecule has 1 heterocycles. The molecule has 5 heteroatoms. The van der Waals surface area contributed by atoms with Crippen LogP contribution in [0.3, 0.4) is 0 Å². The summed E-state index contributed by atoms with van der Waals surface area (Å²) < 4.78 is 0. The fourth-order valence-electron chi connectivity index (χ4n) is 2.11. The van der Waals surface area contributed by atoms with Crippen molar-refractivity contribution in [1.82, 2.24) is 15.3 Å². The van der Waals surface area contributed by atoms with Crippen molar-refractivity contribution in [1.29, 1.82) is 0 Å². The van der Waals surface area contributed by atoms with E-state index in [1.807, 2.05) is 19.1 Å². The van der Waals surface area contributed by atoms with Crippen LogP contribution in [0.25, 0.3) is 0 Å². The zero-order valence-electron chi connectivity index (χ0n) is 11.5. The Labute approximate surface area is 117 Å². The average molecular weight is 271 g/mol. The number of carboxylic acids is 1. The molecular formula is C15H17N3O2. The summed E-state index contributed by atoms with van der Waals surface area (Å²) in [5, 5.41) is 12.4. The Hall–Kier alpha value is -2.27. The van der Waals surface area contributed by atoms with Gasteiger partial charge in [0.1, 0.15) is 11.9 Å². The Bertz CT molecular complexity index is 614. The average Bonchev–Trinajstić information content (AvgIpc) is 2.45. The van der Waals surface area contributed by atoms with Crippen LogP contribution in [0, 0.1) is 6.92 Å². The van der Waals surface area contributed by atoms with E-state index in [4.69, 9.17) is 5.11 Å². The van der Waals surface area contributed by atoms with Crippen LogP contribution in [-0.4, -0.2) is 21.0 Å². The molecule has 5 nitrogen and oxygen atoms in total. The van der Waals surface area contributed by atoms with Crippen LogP contribution in [0.15, 0.2) is 36.8 Å². The lowest BCUT2D eigenvalue weighted by Crippen LogP contribution is -2.21. The molecule has 20 heavy (non-hydrogen) atoms. The minimum Gasteiger partial charge on any atom is -0.478 e. The third kappa shape index (κ3) is 3.19. The molecule has 1 atom stereocenters. The molecule has 0 aliphatic rings. The fourth-order valence-corrected chi connectivity index (χ4v) is 2.11. The van der Waals surface area contributed by atoms with Gasteiger partial charge in [0.25, 0.3) is 0 Å². The molecule has 104 valence electrons. The maximum Gasteiger partial charge on any atom is 0.339 e. The van der Waals surface area contributed by atoms with E-state index in [1.54, 1.807) is 0 Å². The Kier molecular flexibility index (Phi) is 4.42. The standard InChI is InChI=1S/C15H17N3O2/c1-10-5-3-4-6-12(10)11(2)17-8-14-13(15(19)20)7-16-9-18-14/h3-7,9,11,17H,8H2,1-2H3,(H,19,20)/t11-/m0/s1. The number of carbonyl (C=O) groups is 1. The molecule has 2 rings (SSSR count). The van der Waals surface area contributed by atoms with E-state index in [0.717, 1.165) is 0 Å². The fraction of sp³-hybridized carbons (Fsp3) is 0.267. The minimum atomic E-state index is -1.01. The number of carboxylic acid groups (broad SMARTS) is 1. The number of nitrogens with one attached hydrogen (secondary N) is 1. The third-order valence-corrected chi connectivity index (χ3v) is 3.26. The summed E-state index contributed by atoms with van der Waals surface area (Å²) in [4.78, 5) is 18.9. The van der Waals surface area contributed by atoms with E-state index >= 15 is 0 Å². The lowest BCUT2D eigenvalue weighted by Gasteiger charge is -2.16. The highest BCUT2D eigenvalue weighted by Gasteiger charge is 2.13. The van der Waals surface area contributed by atoms with Gasteiger partial charge in [0.15, 0.2) is 0 Å². The van der Waals surface area contributed by atoms with Crippen molar-refractivity contribution in [3.05, 3.63) is 59.2 Å². The Balaban J connectivity index is 2.10. The highest BCUT2D eigenvalue weighted by Crippen LogP contribution is 2.17. The summed E-state index contributed by atoms with van der Waals surface area (Å²) in [7, 11) is 0. The monoisotopic (exact) mass is 271 g/mol. The number of benzene rings is 1. The molecule has 0 amide bonds. The quantitative estimate of drug-likeness (QED) is 0.873. The largest absolute Gasteiger partial charge is 0.478 e. The molecule has 0 saturated heterocycles. The third-order valence-electron chi connectivity index (χ3n) is 3.26. The summed E-state index contributed by atoms with van der Waals surface area (Å²) in [5.74, 6) is -1.01. The number of hydrogen-bond donors (Lipinski definition) is 2. The number of nitrogens with zero attached hydrogens (tertiary/aromatic N) is 2. The first-order valence-electron chi connectivity index (χ1n) is 6.40. The molecule has 0 radical (unpaired) electrons. The highest BCUT2D eigenvalue weighted by atomic mass is 16.4. The van der Waals surface area contributed by atoms with E-state index in [0.29, 0.717) is 12.2 Å². The smallest absolute Gasteiger partial charge is 0.339 e. The Morgan fingerprint density at radius 2 is 2.15 bits per heavy atom. The maximum absolute atomic E-state index is 11.1. The summed E-state index contributed by atoms with van der Waals surface area (Å²) >= 11 is 0. The number of rotatable bonds is 5. The van der Waals surface area contributed by atoms with Gasteiger partial charge < -0.3 is 10.4 Å². The summed E-state index contributed by atoms with van der Waals surface area (Å²) in [5.41, 5.74) is 3.02. The minimum absolute atomic E-state index is 0.118. The predicted octanol–water partition coefficient (Wildman–Crippen LogP) is 2.33. The number of aromatic nitrogens is 2. The topological polar surface area (TPSA) is 75.1 Å². The van der Waals surface area contributed by atoms with Gasteiger partial charge >= 0.3 is 5.97 Å². The van der Waals surface area contributed by atoms with Crippen molar-refractivity contribution < 1.29 is 9.90 Å². The van der Waals surface area contributed by atoms with Crippen molar-refractivity contribution in [3.8, 4) is 0 Å². The van der Waals surface area contributed by atoms with E-state index in [-0.39, 0.29) is 11.6 Å². The second-order valence-electron chi connectivity index (χ2n) is 4.65. The van der Waals surface area contributed by atoms with Crippen molar-refractivity contribution >= 4 is 5.97 Å².